The van der Waals surface area contributed by atoms with Crippen molar-refractivity contribution in [2.45, 2.75) is 13.8 Å². The van der Waals surface area contributed by atoms with Gasteiger partial charge in [-0.1, -0.05) is 17.7 Å². The highest BCUT2D eigenvalue weighted by Gasteiger charge is 2.20. The van der Waals surface area contributed by atoms with Gasteiger partial charge >= 0.3 is 5.97 Å². The van der Waals surface area contributed by atoms with E-state index in [1.165, 1.54) is 6.07 Å². The standard InChI is InChI=1S/C10H9ClO3/c1-5-3-4-7(11)8(6(5)2)9(12)10(13)14/h3-4H,1-2H3,(H,13,14). The largest absolute Gasteiger partial charge is 0.475 e. The van der Waals surface area contributed by atoms with Crippen LogP contribution in [0, 0.1) is 13.8 Å². The Hall–Kier alpha value is -1.35. The van der Waals surface area contributed by atoms with Crippen molar-refractivity contribution in [3.8, 4) is 0 Å². The molecule has 1 rings (SSSR count). The highest BCUT2D eigenvalue weighted by molar-refractivity contribution is 6.45. The number of hydrogen-bond acceptors (Lipinski definition) is 2. The summed E-state index contributed by atoms with van der Waals surface area (Å²) < 4.78 is 0. The number of ketones is 1. The summed E-state index contributed by atoms with van der Waals surface area (Å²) in [5.74, 6) is -2.45. The number of carbonyl (C=O) groups excluding carboxylic acids is 1. The van der Waals surface area contributed by atoms with Crippen LogP contribution in [0.25, 0.3) is 0 Å². The second kappa shape index (κ2) is 3.80. The van der Waals surface area contributed by atoms with Crippen molar-refractivity contribution >= 4 is 23.4 Å². The predicted molar refractivity (Wildman–Crippen MR) is 52.9 cm³/mol. The zero-order valence-electron chi connectivity index (χ0n) is 7.80. The summed E-state index contributed by atoms with van der Waals surface area (Å²) in [6.45, 7) is 3.47. The number of hydrogen-bond donors (Lipinski definition) is 1. The molecule has 1 aromatic rings. The fraction of sp³-hybridized carbons (Fsp3) is 0.200. The van der Waals surface area contributed by atoms with Crippen molar-refractivity contribution in [1.82, 2.24) is 0 Å². The van der Waals surface area contributed by atoms with Crippen molar-refractivity contribution < 1.29 is 14.7 Å². The molecular formula is C10H9ClO3. The zero-order chi connectivity index (χ0) is 10.9. The van der Waals surface area contributed by atoms with Gasteiger partial charge in [0.25, 0.3) is 5.78 Å². The van der Waals surface area contributed by atoms with E-state index in [4.69, 9.17) is 16.7 Å². The Morgan fingerprint density at radius 3 is 2.36 bits per heavy atom. The molecule has 0 atom stereocenters. The number of halogens is 1. The molecule has 0 aliphatic carbocycles. The predicted octanol–water partition coefficient (Wildman–Crippen LogP) is 2.22. The number of rotatable bonds is 2. The van der Waals surface area contributed by atoms with Crippen molar-refractivity contribution in [3.63, 3.8) is 0 Å². The summed E-state index contributed by atoms with van der Waals surface area (Å²) in [4.78, 5) is 21.8. The lowest BCUT2D eigenvalue weighted by atomic mass is 10.0. The first-order chi connectivity index (χ1) is 6.45. The van der Waals surface area contributed by atoms with E-state index >= 15 is 0 Å². The van der Waals surface area contributed by atoms with Crippen LogP contribution in [0.15, 0.2) is 12.1 Å². The Morgan fingerprint density at radius 1 is 1.29 bits per heavy atom. The average molecular weight is 213 g/mol. The lowest BCUT2D eigenvalue weighted by molar-refractivity contribution is -0.131. The van der Waals surface area contributed by atoms with Crippen LogP contribution in [0.4, 0.5) is 0 Å². The third kappa shape index (κ3) is 1.77. The normalized spacial score (nSPS) is 9.93. The van der Waals surface area contributed by atoms with E-state index in [1.54, 1.807) is 19.9 Å². The van der Waals surface area contributed by atoms with Gasteiger partial charge in [-0.3, -0.25) is 4.79 Å². The van der Waals surface area contributed by atoms with Crippen LogP contribution in [-0.2, 0) is 4.79 Å². The van der Waals surface area contributed by atoms with Crippen molar-refractivity contribution in [1.29, 1.82) is 0 Å². The fourth-order valence-corrected chi connectivity index (χ4v) is 1.46. The molecule has 1 aromatic carbocycles. The molecule has 0 saturated heterocycles. The Labute approximate surface area is 86.3 Å². The third-order valence-electron chi connectivity index (χ3n) is 2.11. The lowest BCUT2D eigenvalue weighted by Gasteiger charge is -2.07. The number of carboxylic acid groups (broad SMARTS) is 1. The van der Waals surface area contributed by atoms with Crippen LogP contribution in [0.1, 0.15) is 21.5 Å². The van der Waals surface area contributed by atoms with Gasteiger partial charge < -0.3 is 5.11 Å². The Kier molecular flexibility index (Phi) is 2.91. The Balaban J connectivity index is 3.40. The number of carboxylic acids is 1. The molecule has 4 heteroatoms. The maximum atomic E-state index is 11.3. The van der Waals surface area contributed by atoms with Crippen LogP contribution in [-0.4, -0.2) is 16.9 Å². The molecule has 0 heterocycles. The SMILES string of the molecule is Cc1ccc(Cl)c(C(=O)C(=O)O)c1C. The molecule has 0 fully saturated rings. The van der Waals surface area contributed by atoms with E-state index in [0.717, 1.165) is 5.56 Å². The van der Waals surface area contributed by atoms with Gasteiger partial charge in [0.2, 0.25) is 0 Å². The number of benzene rings is 1. The average Bonchev–Trinajstić information content (AvgIpc) is 2.12. The molecular weight excluding hydrogens is 204 g/mol. The summed E-state index contributed by atoms with van der Waals surface area (Å²) in [7, 11) is 0. The molecule has 0 spiro atoms. The Bertz CT molecular complexity index is 410. The van der Waals surface area contributed by atoms with Gasteiger partial charge in [-0.25, -0.2) is 4.79 Å². The lowest BCUT2D eigenvalue weighted by Crippen LogP contribution is -2.15. The second-order valence-electron chi connectivity index (χ2n) is 3.00. The first-order valence-electron chi connectivity index (χ1n) is 3.98. The molecule has 0 radical (unpaired) electrons. The summed E-state index contributed by atoms with van der Waals surface area (Å²) in [6.07, 6.45) is 0. The maximum Gasteiger partial charge on any atom is 0.377 e. The molecule has 1 N–H and O–H groups in total. The first kappa shape index (κ1) is 10.7. The molecule has 0 aliphatic heterocycles. The van der Waals surface area contributed by atoms with E-state index in [9.17, 15) is 9.59 Å². The van der Waals surface area contributed by atoms with Crippen LogP contribution in [0.2, 0.25) is 5.02 Å². The van der Waals surface area contributed by atoms with E-state index in [1.807, 2.05) is 0 Å². The number of aryl methyl sites for hydroxylation is 1. The molecule has 14 heavy (non-hydrogen) atoms. The number of aliphatic carboxylic acids is 1. The second-order valence-corrected chi connectivity index (χ2v) is 3.41. The minimum atomic E-state index is -1.49. The van der Waals surface area contributed by atoms with Gasteiger partial charge in [0.05, 0.1) is 10.6 Å². The summed E-state index contributed by atoms with van der Waals surface area (Å²) in [6, 6.07) is 3.27. The summed E-state index contributed by atoms with van der Waals surface area (Å²) in [5, 5.41) is 8.75. The van der Waals surface area contributed by atoms with Gasteiger partial charge in [0.15, 0.2) is 0 Å². The smallest absolute Gasteiger partial charge is 0.377 e. The van der Waals surface area contributed by atoms with E-state index in [-0.39, 0.29) is 10.6 Å². The number of carbonyl (C=O) groups is 2. The van der Waals surface area contributed by atoms with Crippen molar-refractivity contribution in [2.75, 3.05) is 0 Å². The first-order valence-corrected chi connectivity index (χ1v) is 4.36. The van der Waals surface area contributed by atoms with Gasteiger partial charge in [0, 0.05) is 0 Å². The molecule has 0 amide bonds. The molecule has 74 valence electrons. The third-order valence-corrected chi connectivity index (χ3v) is 2.42. The molecule has 0 bridgehead atoms. The monoisotopic (exact) mass is 212 g/mol. The molecule has 3 nitrogen and oxygen atoms in total. The highest BCUT2D eigenvalue weighted by Crippen LogP contribution is 2.23. The molecule has 0 saturated carbocycles. The van der Waals surface area contributed by atoms with E-state index in [0.29, 0.717) is 5.56 Å². The summed E-state index contributed by atoms with van der Waals surface area (Å²) >= 11 is 5.76. The van der Waals surface area contributed by atoms with E-state index in [2.05, 4.69) is 0 Å². The maximum absolute atomic E-state index is 11.3. The zero-order valence-corrected chi connectivity index (χ0v) is 8.55. The molecule has 0 aliphatic rings. The van der Waals surface area contributed by atoms with Gasteiger partial charge in [-0.05, 0) is 31.0 Å². The highest BCUT2D eigenvalue weighted by atomic mass is 35.5. The topological polar surface area (TPSA) is 54.4 Å². The molecule has 0 unspecified atom stereocenters. The van der Waals surface area contributed by atoms with E-state index < -0.39 is 11.8 Å². The Morgan fingerprint density at radius 2 is 1.86 bits per heavy atom. The minimum Gasteiger partial charge on any atom is -0.475 e. The van der Waals surface area contributed by atoms with Gasteiger partial charge in [0.1, 0.15) is 0 Å². The van der Waals surface area contributed by atoms with Crippen LogP contribution in [0.3, 0.4) is 0 Å². The van der Waals surface area contributed by atoms with Gasteiger partial charge in [-0.15, -0.1) is 0 Å². The van der Waals surface area contributed by atoms with Gasteiger partial charge in [-0.2, -0.15) is 0 Å². The van der Waals surface area contributed by atoms with Crippen LogP contribution in [0.5, 0.6) is 0 Å². The summed E-state index contributed by atoms with van der Waals surface area (Å²) in [5.41, 5.74) is 1.54. The fourth-order valence-electron chi connectivity index (χ4n) is 1.17. The number of Topliss-reactive ketones (excluding diaryl/α,β-unsaturated/α-hetero) is 1. The quantitative estimate of drug-likeness (QED) is 0.604. The minimum absolute atomic E-state index is 0.0826. The van der Waals surface area contributed by atoms with Crippen LogP contribution >= 0.6 is 11.6 Å². The van der Waals surface area contributed by atoms with Crippen molar-refractivity contribution in [3.05, 3.63) is 33.8 Å². The molecule has 0 aromatic heterocycles. The van der Waals surface area contributed by atoms with Crippen LogP contribution < -0.4 is 0 Å². The van der Waals surface area contributed by atoms with Crippen molar-refractivity contribution in [2.24, 2.45) is 0 Å².